The van der Waals surface area contributed by atoms with Crippen LogP contribution in [-0.2, 0) is 0 Å². The molecule has 1 N–H and O–H groups in total. The Morgan fingerprint density at radius 1 is 1.50 bits per heavy atom. The molecule has 0 spiro atoms. The maximum atomic E-state index is 9.68. The topological polar surface area (TPSA) is 41.9 Å². The molecule has 0 saturated heterocycles. The van der Waals surface area contributed by atoms with Gasteiger partial charge in [-0.15, -0.1) is 0 Å². The van der Waals surface area contributed by atoms with Crippen LogP contribution in [0.5, 0.6) is 11.5 Å². The number of hydrogen-bond acceptors (Lipinski definition) is 4. The highest BCUT2D eigenvalue weighted by molar-refractivity contribution is 5.64. The van der Waals surface area contributed by atoms with E-state index in [0.29, 0.717) is 12.4 Å². The molecule has 1 aromatic rings. The first-order valence-corrected chi connectivity index (χ1v) is 5.37. The lowest BCUT2D eigenvalue weighted by molar-refractivity contribution is 0.194. The molecule has 4 heteroatoms. The Hall–Kier alpha value is -1.42. The number of aliphatic hydroxyl groups is 1. The molecule has 0 aliphatic carbocycles. The Kier molecular flexibility index (Phi) is 2.92. The van der Waals surface area contributed by atoms with Crippen LogP contribution in [0.1, 0.15) is 18.6 Å². The van der Waals surface area contributed by atoms with Crippen molar-refractivity contribution in [2.24, 2.45) is 0 Å². The van der Waals surface area contributed by atoms with E-state index in [1.165, 1.54) is 0 Å². The minimum absolute atomic E-state index is 0.546. The summed E-state index contributed by atoms with van der Waals surface area (Å²) in [6.07, 6.45) is -0.546. The number of rotatable bonds is 2. The minimum Gasteiger partial charge on any atom is -0.496 e. The Morgan fingerprint density at radius 2 is 2.25 bits per heavy atom. The van der Waals surface area contributed by atoms with Gasteiger partial charge in [-0.1, -0.05) is 0 Å². The molecule has 2 rings (SSSR count). The van der Waals surface area contributed by atoms with E-state index in [1.54, 1.807) is 14.0 Å². The molecule has 1 aliphatic heterocycles. The number of anilines is 1. The Balaban J connectivity index is 2.51. The summed E-state index contributed by atoms with van der Waals surface area (Å²) < 4.78 is 10.8. The highest BCUT2D eigenvalue weighted by Gasteiger charge is 2.20. The van der Waals surface area contributed by atoms with E-state index in [4.69, 9.17) is 9.47 Å². The lowest BCUT2D eigenvalue weighted by Gasteiger charge is -2.29. The number of likely N-dealkylation sites (N-methyl/N-ethyl adjacent to an activating group) is 1. The monoisotopic (exact) mass is 223 g/mol. The smallest absolute Gasteiger partial charge is 0.146 e. The van der Waals surface area contributed by atoms with Gasteiger partial charge in [-0.25, -0.2) is 0 Å². The molecule has 1 aliphatic rings. The van der Waals surface area contributed by atoms with Crippen LogP contribution < -0.4 is 14.4 Å². The average molecular weight is 223 g/mol. The lowest BCUT2D eigenvalue weighted by Crippen LogP contribution is -2.29. The van der Waals surface area contributed by atoms with Crippen LogP contribution in [0.15, 0.2) is 12.1 Å². The van der Waals surface area contributed by atoms with E-state index in [1.807, 2.05) is 19.2 Å². The predicted molar refractivity (Wildman–Crippen MR) is 62.4 cm³/mol. The summed E-state index contributed by atoms with van der Waals surface area (Å²) in [4.78, 5) is 2.12. The molecule has 0 fully saturated rings. The predicted octanol–water partition coefficient (Wildman–Crippen LogP) is 1.58. The van der Waals surface area contributed by atoms with Gasteiger partial charge in [-0.2, -0.15) is 0 Å². The SMILES string of the molecule is COc1cc2c(cc1C(C)O)N(C)CCO2. The number of aliphatic hydroxyl groups excluding tert-OH is 1. The molecule has 1 heterocycles. The molecule has 4 nitrogen and oxygen atoms in total. The third-order valence-electron chi connectivity index (χ3n) is 2.86. The zero-order valence-corrected chi connectivity index (χ0v) is 9.86. The number of benzene rings is 1. The van der Waals surface area contributed by atoms with Crippen LogP contribution in [-0.4, -0.2) is 32.4 Å². The van der Waals surface area contributed by atoms with Gasteiger partial charge in [0.25, 0.3) is 0 Å². The van der Waals surface area contributed by atoms with E-state index >= 15 is 0 Å². The maximum absolute atomic E-state index is 9.68. The van der Waals surface area contributed by atoms with Crippen LogP contribution in [0.2, 0.25) is 0 Å². The summed E-state index contributed by atoms with van der Waals surface area (Å²) >= 11 is 0. The number of ether oxygens (including phenoxy) is 2. The molecular weight excluding hydrogens is 206 g/mol. The number of nitrogens with zero attached hydrogens (tertiary/aromatic N) is 1. The molecule has 0 radical (unpaired) electrons. The van der Waals surface area contributed by atoms with Gasteiger partial charge in [0, 0.05) is 18.7 Å². The van der Waals surface area contributed by atoms with Crippen molar-refractivity contribution in [3.63, 3.8) is 0 Å². The molecule has 0 amide bonds. The van der Waals surface area contributed by atoms with Gasteiger partial charge < -0.3 is 19.5 Å². The zero-order valence-electron chi connectivity index (χ0n) is 9.86. The maximum Gasteiger partial charge on any atom is 0.146 e. The fourth-order valence-corrected chi connectivity index (χ4v) is 1.90. The molecule has 1 aromatic carbocycles. The average Bonchev–Trinajstić information content (AvgIpc) is 2.27. The molecule has 0 bridgehead atoms. The van der Waals surface area contributed by atoms with Gasteiger partial charge in [-0.05, 0) is 13.0 Å². The van der Waals surface area contributed by atoms with Crippen molar-refractivity contribution in [1.82, 2.24) is 0 Å². The zero-order chi connectivity index (χ0) is 11.7. The molecule has 0 saturated carbocycles. The second-order valence-electron chi connectivity index (χ2n) is 4.01. The van der Waals surface area contributed by atoms with Crippen molar-refractivity contribution in [2.45, 2.75) is 13.0 Å². The van der Waals surface area contributed by atoms with E-state index in [0.717, 1.165) is 23.5 Å². The third kappa shape index (κ3) is 1.80. The second-order valence-corrected chi connectivity index (χ2v) is 4.01. The molecular formula is C12H17NO3. The van der Waals surface area contributed by atoms with Crippen LogP contribution in [0, 0.1) is 0 Å². The fourth-order valence-electron chi connectivity index (χ4n) is 1.90. The summed E-state index contributed by atoms with van der Waals surface area (Å²) in [6.45, 7) is 3.27. The summed E-state index contributed by atoms with van der Waals surface area (Å²) in [6, 6.07) is 3.77. The molecule has 1 unspecified atom stereocenters. The van der Waals surface area contributed by atoms with Crippen molar-refractivity contribution in [3.8, 4) is 11.5 Å². The van der Waals surface area contributed by atoms with Gasteiger partial charge in [0.05, 0.1) is 25.4 Å². The van der Waals surface area contributed by atoms with E-state index < -0.39 is 6.10 Å². The highest BCUT2D eigenvalue weighted by atomic mass is 16.5. The normalized spacial score (nSPS) is 16.4. The standard InChI is InChI=1S/C12H17NO3/c1-8(14)9-6-10-12(7-11(9)15-3)16-5-4-13(10)2/h6-8,14H,4-5H2,1-3H3. The largest absolute Gasteiger partial charge is 0.496 e. The van der Waals surface area contributed by atoms with Gasteiger partial charge in [0.1, 0.15) is 18.1 Å². The highest BCUT2D eigenvalue weighted by Crippen LogP contribution is 2.39. The van der Waals surface area contributed by atoms with Crippen molar-refractivity contribution in [2.75, 3.05) is 32.2 Å². The van der Waals surface area contributed by atoms with Gasteiger partial charge >= 0.3 is 0 Å². The number of methoxy groups -OCH3 is 1. The molecule has 1 atom stereocenters. The number of fused-ring (bicyclic) bond motifs is 1. The first-order valence-electron chi connectivity index (χ1n) is 5.37. The van der Waals surface area contributed by atoms with Crippen LogP contribution in [0.25, 0.3) is 0 Å². The Bertz CT molecular complexity index is 379. The Labute approximate surface area is 95.4 Å². The van der Waals surface area contributed by atoms with Crippen LogP contribution in [0.4, 0.5) is 5.69 Å². The fraction of sp³-hybridized carbons (Fsp3) is 0.500. The third-order valence-corrected chi connectivity index (χ3v) is 2.86. The summed E-state index contributed by atoms with van der Waals surface area (Å²) in [5.74, 6) is 1.49. The molecule has 0 aromatic heterocycles. The van der Waals surface area contributed by atoms with Gasteiger partial charge in [0.15, 0.2) is 0 Å². The first kappa shape index (κ1) is 11.1. The van der Waals surface area contributed by atoms with Gasteiger partial charge in [0.2, 0.25) is 0 Å². The van der Waals surface area contributed by atoms with Gasteiger partial charge in [-0.3, -0.25) is 0 Å². The van der Waals surface area contributed by atoms with Crippen LogP contribution in [0.3, 0.4) is 0 Å². The summed E-state index contributed by atoms with van der Waals surface area (Å²) in [7, 11) is 3.61. The van der Waals surface area contributed by atoms with Crippen molar-refractivity contribution in [1.29, 1.82) is 0 Å². The van der Waals surface area contributed by atoms with Crippen molar-refractivity contribution < 1.29 is 14.6 Å². The van der Waals surface area contributed by atoms with Crippen LogP contribution >= 0.6 is 0 Å². The summed E-state index contributed by atoms with van der Waals surface area (Å²) in [5.41, 5.74) is 1.79. The lowest BCUT2D eigenvalue weighted by atomic mass is 10.1. The summed E-state index contributed by atoms with van der Waals surface area (Å²) in [5, 5.41) is 9.68. The first-order chi connectivity index (χ1) is 7.63. The number of hydrogen-bond donors (Lipinski definition) is 1. The van der Waals surface area contributed by atoms with Crippen molar-refractivity contribution in [3.05, 3.63) is 17.7 Å². The van der Waals surface area contributed by atoms with E-state index in [-0.39, 0.29) is 0 Å². The second kappa shape index (κ2) is 4.22. The Morgan fingerprint density at radius 3 is 2.88 bits per heavy atom. The molecule has 88 valence electrons. The quantitative estimate of drug-likeness (QED) is 0.826. The molecule has 16 heavy (non-hydrogen) atoms. The van der Waals surface area contributed by atoms with E-state index in [2.05, 4.69) is 4.90 Å². The minimum atomic E-state index is -0.546. The van der Waals surface area contributed by atoms with Crippen molar-refractivity contribution >= 4 is 5.69 Å². The van der Waals surface area contributed by atoms with E-state index in [9.17, 15) is 5.11 Å².